The van der Waals surface area contributed by atoms with E-state index in [0.29, 0.717) is 26.2 Å². The second kappa shape index (κ2) is 8.26. The zero-order valence-corrected chi connectivity index (χ0v) is 16.3. The lowest BCUT2D eigenvalue weighted by Gasteiger charge is -2.36. The highest BCUT2D eigenvalue weighted by Gasteiger charge is 2.41. The van der Waals surface area contributed by atoms with E-state index in [-0.39, 0.29) is 11.7 Å². The first-order chi connectivity index (χ1) is 13.3. The zero-order valence-electron chi connectivity index (χ0n) is 15.5. The van der Waals surface area contributed by atoms with Gasteiger partial charge in [0.2, 0.25) is 0 Å². The molecule has 2 aromatic rings. The van der Waals surface area contributed by atoms with Crippen molar-refractivity contribution in [2.45, 2.75) is 13.1 Å². The molecule has 1 saturated heterocycles. The Morgan fingerprint density at radius 1 is 1.14 bits per heavy atom. The minimum atomic E-state index is -4.71. The molecule has 0 unspecified atom stereocenters. The number of thiazole rings is 1. The van der Waals surface area contributed by atoms with Gasteiger partial charge in [0.05, 0.1) is 13.7 Å². The van der Waals surface area contributed by atoms with E-state index in [4.69, 9.17) is 9.47 Å². The van der Waals surface area contributed by atoms with Gasteiger partial charge < -0.3 is 19.3 Å². The van der Waals surface area contributed by atoms with E-state index in [1.165, 1.54) is 0 Å². The van der Waals surface area contributed by atoms with Crippen molar-refractivity contribution < 1.29 is 27.4 Å². The van der Waals surface area contributed by atoms with E-state index in [1.54, 1.807) is 18.9 Å². The molecule has 152 valence electrons. The van der Waals surface area contributed by atoms with Crippen LogP contribution in [0.1, 0.15) is 22.3 Å². The van der Waals surface area contributed by atoms with Crippen molar-refractivity contribution in [3.8, 4) is 5.75 Å². The molecular formula is C18H20F3N3O3S. The monoisotopic (exact) mass is 415 g/mol. The highest BCUT2D eigenvalue weighted by Crippen LogP contribution is 2.38. The molecule has 0 saturated carbocycles. The Labute approximate surface area is 164 Å². The molecule has 0 bridgehead atoms. The first-order valence-electron chi connectivity index (χ1n) is 8.72. The van der Waals surface area contributed by atoms with Gasteiger partial charge in [0, 0.05) is 31.9 Å². The van der Waals surface area contributed by atoms with Crippen molar-refractivity contribution in [3.05, 3.63) is 34.8 Å². The van der Waals surface area contributed by atoms with Gasteiger partial charge in [0.1, 0.15) is 10.6 Å². The fourth-order valence-corrected chi connectivity index (χ4v) is 3.95. The van der Waals surface area contributed by atoms with Gasteiger partial charge in [-0.2, -0.15) is 13.2 Å². The quantitative estimate of drug-likeness (QED) is 0.695. The Bertz CT molecular complexity index is 816. The van der Waals surface area contributed by atoms with Gasteiger partial charge in [0.25, 0.3) is 0 Å². The van der Waals surface area contributed by atoms with Crippen LogP contribution in [0, 0.1) is 0 Å². The molecule has 1 aromatic carbocycles. The zero-order chi connectivity index (χ0) is 20.3. The number of ether oxygens (including phenoxy) is 2. The Balaban J connectivity index is 1.73. The van der Waals surface area contributed by atoms with E-state index in [2.05, 4.69) is 9.88 Å². The number of anilines is 2. The molecule has 28 heavy (non-hydrogen) atoms. The summed E-state index contributed by atoms with van der Waals surface area (Å²) in [7, 11) is 1.60. The first-order valence-corrected chi connectivity index (χ1v) is 9.54. The molecule has 0 atom stereocenters. The van der Waals surface area contributed by atoms with Crippen molar-refractivity contribution in [2.24, 2.45) is 0 Å². The summed E-state index contributed by atoms with van der Waals surface area (Å²) in [5.74, 6) is -0.230. The third kappa shape index (κ3) is 4.32. The molecule has 2 heterocycles. The number of benzene rings is 1. The number of methoxy groups -OCH3 is 1. The smallest absolute Gasteiger partial charge is 0.435 e. The normalized spacial score (nSPS) is 14.9. The highest BCUT2D eigenvalue weighted by molar-refractivity contribution is 7.17. The molecule has 1 fully saturated rings. The van der Waals surface area contributed by atoms with E-state index in [9.17, 15) is 18.0 Å². The Hall–Kier alpha value is -2.49. The van der Waals surface area contributed by atoms with Crippen LogP contribution in [0.25, 0.3) is 0 Å². The second-order valence-electron chi connectivity index (χ2n) is 6.06. The number of nitrogens with zero attached hydrogens (tertiary/aromatic N) is 3. The lowest BCUT2D eigenvalue weighted by Crippen LogP contribution is -2.46. The summed E-state index contributed by atoms with van der Waals surface area (Å²) < 4.78 is 49.7. The lowest BCUT2D eigenvalue weighted by molar-refractivity contribution is -0.141. The van der Waals surface area contributed by atoms with Gasteiger partial charge in [-0.1, -0.05) is 11.3 Å². The molecule has 6 nitrogen and oxygen atoms in total. The van der Waals surface area contributed by atoms with Gasteiger partial charge in [-0.05, 0) is 31.2 Å². The maximum atomic E-state index is 13.3. The number of hydrogen-bond acceptors (Lipinski definition) is 7. The molecule has 0 N–H and O–H groups in total. The van der Waals surface area contributed by atoms with Crippen molar-refractivity contribution in [2.75, 3.05) is 49.7 Å². The van der Waals surface area contributed by atoms with Crippen LogP contribution in [0.2, 0.25) is 0 Å². The third-order valence-electron chi connectivity index (χ3n) is 4.33. The molecule has 1 aliphatic heterocycles. The maximum Gasteiger partial charge on any atom is 0.435 e. The molecule has 0 amide bonds. The molecule has 0 spiro atoms. The minimum Gasteiger partial charge on any atom is -0.497 e. The standard InChI is InChI=1S/C18H20F3N3O3S/c1-3-27-16(25)14-15(18(19,20)21)22-17(28-14)24-10-8-23(9-11-24)12-4-6-13(26-2)7-5-12/h4-7H,3,8-11H2,1-2H3. The molecular weight excluding hydrogens is 395 g/mol. The first kappa shape index (κ1) is 20.2. The summed E-state index contributed by atoms with van der Waals surface area (Å²) in [5.41, 5.74) is -0.161. The van der Waals surface area contributed by atoms with Crippen molar-refractivity contribution in [1.29, 1.82) is 0 Å². The highest BCUT2D eigenvalue weighted by atomic mass is 32.1. The van der Waals surface area contributed by atoms with Gasteiger partial charge in [-0.15, -0.1) is 0 Å². The van der Waals surface area contributed by atoms with E-state index in [1.807, 2.05) is 24.3 Å². The third-order valence-corrected chi connectivity index (χ3v) is 5.43. The fourth-order valence-electron chi connectivity index (χ4n) is 2.92. The van der Waals surface area contributed by atoms with E-state index < -0.39 is 22.7 Å². The van der Waals surface area contributed by atoms with Gasteiger partial charge in [-0.25, -0.2) is 9.78 Å². The maximum absolute atomic E-state index is 13.3. The van der Waals surface area contributed by atoms with Gasteiger partial charge in [-0.3, -0.25) is 0 Å². The second-order valence-corrected chi connectivity index (χ2v) is 7.04. The van der Waals surface area contributed by atoms with Crippen molar-refractivity contribution >= 4 is 28.1 Å². The molecule has 10 heteroatoms. The number of esters is 1. The molecule has 1 aromatic heterocycles. The summed E-state index contributed by atoms with van der Waals surface area (Å²) >= 11 is 0.728. The fraction of sp³-hybridized carbons (Fsp3) is 0.444. The van der Waals surface area contributed by atoms with Crippen LogP contribution in [0.4, 0.5) is 24.0 Å². The van der Waals surface area contributed by atoms with Crippen LogP contribution in [0.3, 0.4) is 0 Å². The lowest BCUT2D eigenvalue weighted by atomic mass is 10.2. The average Bonchev–Trinajstić information content (AvgIpc) is 3.15. The number of halogens is 3. The molecule has 1 aliphatic rings. The number of aromatic nitrogens is 1. The van der Waals surface area contributed by atoms with Crippen LogP contribution in [-0.2, 0) is 10.9 Å². The number of carbonyl (C=O) groups excluding carboxylic acids is 1. The van der Waals surface area contributed by atoms with Crippen LogP contribution < -0.4 is 14.5 Å². The summed E-state index contributed by atoms with van der Waals surface area (Å²) in [6.45, 7) is 3.80. The van der Waals surface area contributed by atoms with Gasteiger partial charge in [0.15, 0.2) is 10.8 Å². The Morgan fingerprint density at radius 2 is 1.75 bits per heavy atom. The number of carbonyl (C=O) groups is 1. The largest absolute Gasteiger partial charge is 0.497 e. The minimum absolute atomic E-state index is 0.00387. The number of piperazine rings is 1. The van der Waals surface area contributed by atoms with Crippen molar-refractivity contribution in [3.63, 3.8) is 0 Å². The van der Waals surface area contributed by atoms with Crippen LogP contribution in [0.5, 0.6) is 5.75 Å². The van der Waals surface area contributed by atoms with Crippen LogP contribution in [-0.4, -0.2) is 50.8 Å². The molecule has 0 aliphatic carbocycles. The SMILES string of the molecule is CCOC(=O)c1sc(N2CCN(c3ccc(OC)cc3)CC2)nc1C(F)(F)F. The van der Waals surface area contributed by atoms with Gasteiger partial charge >= 0.3 is 12.1 Å². The topological polar surface area (TPSA) is 54.9 Å². The Kier molecular flexibility index (Phi) is 5.97. The number of rotatable bonds is 5. The summed E-state index contributed by atoms with van der Waals surface area (Å²) in [6, 6.07) is 7.62. The summed E-state index contributed by atoms with van der Waals surface area (Å²) in [6.07, 6.45) is -4.71. The van der Waals surface area contributed by atoms with E-state index in [0.717, 1.165) is 22.8 Å². The van der Waals surface area contributed by atoms with Crippen molar-refractivity contribution in [1.82, 2.24) is 4.98 Å². The average molecular weight is 415 g/mol. The van der Waals surface area contributed by atoms with Crippen LogP contribution >= 0.6 is 11.3 Å². The van der Waals surface area contributed by atoms with Crippen LogP contribution in [0.15, 0.2) is 24.3 Å². The summed E-state index contributed by atoms with van der Waals surface area (Å²) in [4.78, 5) is 19.0. The number of alkyl halides is 3. The predicted octanol–water partition coefficient (Wildman–Crippen LogP) is 3.67. The van der Waals surface area contributed by atoms with E-state index >= 15 is 0 Å². The molecule has 0 radical (unpaired) electrons. The predicted molar refractivity (Wildman–Crippen MR) is 100 cm³/mol. The summed E-state index contributed by atoms with van der Waals surface area (Å²) in [5, 5.41) is 0.185. The Morgan fingerprint density at radius 3 is 2.29 bits per heavy atom. The number of hydrogen-bond donors (Lipinski definition) is 0. The molecule has 3 rings (SSSR count).